The van der Waals surface area contributed by atoms with Crippen LogP contribution in [0.4, 0.5) is 13.2 Å². The molecule has 2 aromatic rings. The van der Waals surface area contributed by atoms with E-state index in [9.17, 15) is 22.8 Å². The summed E-state index contributed by atoms with van der Waals surface area (Å²) in [7, 11) is 1.29. The molecule has 0 bridgehead atoms. The van der Waals surface area contributed by atoms with Crippen LogP contribution in [0.5, 0.6) is 0 Å². The predicted molar refractivity (Wildman–Crippen MR) is 108 cm³/mol. The molecule has 0 atom stereocenters. The number of alkyl halides is 3. The van der Waals surface area contributed by atoms with Crippen molar-refractivity contribution in [1.82, 2.24) is 4.90 Å². The van der Waals surface area contributed by atoms with Gasteiger partial charge in [-0.15, -0.1) is 0 Å². The molecule has 1 aliphatic rings. The number of nitrogens with zero attached hydrogens (tertiary/aromatic N) is 1. The fourth-order valence-corrected chi connectivity index (χ4v) is 3.86. The minimum Gasteiger partial charge on any atom is -0.465 e. The lowest BCUT2D eigenvalue weighted by Crippen LogP contribution is -2.27. The summed E-state index contributed by atoms with van der Waals surface area (Å²) in [6.45, 7) is 0.0847. The first-order chi connectivity index (χ1) is 13.7. The van der Waals surface area contributed by atoms with Crippen molar-refractivity contribution in [3.05, 3.63) is 75.7 Å². The lowest BCUT2D eigenvalue weighted by molar-refractivity contribution is -0.137. The Hall–Kier alpha value is -2.65. The first-order valence-corrected chi connectivity index (χ1v) is 9.51. The summed E-state index contributed by atoms with van der Waals surface area (Å²) < 4.78 is 43.0. The van der Waals surface area contributed by atoms with Crippen molar-refractivity contribution >= 4 is 46.3 Å². The van der Waals surface area contributed by atoms with Gasteiger partial charge in [0.25, 0.3) is 5.91 Å². The Bertz CT molecular complexity index is 984. The third-order valence-corrected chi connectivity index (χ3v) is 5.50. The minimum atomic E-state index is -4.41. The molecule has 1 saturated heterocycles. The van der Waals surface area contributed by atoms with Crippen LogP contribution in [0, 0.1) is 0 Å². The number of thioether (sulfide) groups is 1. The van der Waals surface area contributed by atoms with Crippen LogP contribution in [0.15, 0.2) is 53.4 Å². The van der Waals surface area contributed by atoms with Crippen molar-refractivity contribution in [2.75, 3.05) is 7.11 Å². The number of halogens is 3. The van der Waals surface area contributed by atoms with Crippen LogP contribution in [0.1, 0.15) is 27.0 Å². The molecule has 150 valence electrons. The monoisotopic (exact) mass is 437 g/mol. The second kappa shape index (κ2) is 8.38. The first kappa shape index (κ1) is 21.1. The van der Waals surface area contributed by atoms with Crippen LogP contribution < -0.4 is 0 Å². The normalized spacial score (nSPS) is 15.9. The van der Waals surface area contributed by atoms with Crippen LogP contribution >= 0.6 is 24.0 Å². The van der Waals surface area contributed by atoms with Crippen LogP contribution in [0.3, 0.4) is 0 Å². The van der Waals surface area contributed by atoms with Crippen molar-refractivity contribution < 1.29 is 27.5 Å². The summed E-state index contributed by atoms with van der Waals surface area (Å²) in [6, 6.07) is 11.1. The quantitative estimate of drug-likeness (QED) is 0.387. The number of hydrogen-bond donors (Lipinski definition) is 0. The van der Waals surface area contributed by atoms with Gasteiger partial charge in [-0.1, -0.05) is 48.2 Å². The molecule has 0 unspecified atom stereocenters. The van der Waals surface area contributed by atoms with E-state index >= 15 is 0 Å². The molecule has 9 heteroatoms. The van der Waals surface area contributed by atoms with Crippen LogP contribution in [0.2, 0.25) is 0 Å². The summed E-state index contributed by atoms with van der Waals surface area (Å²) in [6.07, 6.45) is -2.76. The molecule has 0 radical (unpaired) electrons. The number of rotatable bonds is 4. The van der Waals surface area contributed by atoms with E-state index in [4.69, 9.17) is 12.2 Å². The molecule has 2 aromatic carbocycles. The second-order valence-corrected chi connectivity index (χ2v) is 7.75. The molecular weight excluding hydrogens is 423 g/mol. The van der Waals surface area contributed by atoms with E-state index in [1.165, 1.54) is 24.1 Å². The maximum atomic E-state index is 12.7. The van der Waals surface area contributed by atoms with Gasteiger partial charge in [0.2, 0.25) is 0 Å². The Morgan fingerprint density at radius 1 is 1.14 bits per heavy atom. The molecule has 0 spiro atoms. The number of carbonyl (C=O) groups excluding carboxylic acids is 2. The zero-order valence-corrected chi connectivity index (χ0v) is 16.7. The van der Waals surface area contributed by atoms with Crippen LogP contribution in [-0.2, 0) is 22.3 Å². The Balaban J connectivity index is 1.74. The zero-order chi connectivity index (χ0) is 21.2. The molecule has 0 saturated carbocycles. The van der Waals surface area contributed by atoms with Gasteiger partial charge in [-0.2, -0.15) is 13.2 Å². The highest BCUT2D eigenvalue weighted by atomic mass is 32.2. The lowest BCUT2D eigenvalue weighted by Gasteiger charge is -2.15. The van der Waals surface area contributed by atoms with Crippen molar-refractivity contribution in [2.45, 2.75) is 12.7 Å². The summed E-state index contributed by atoms with van der Waals surface area (Å²) in [4.78, 5) is 25.9. The molecule has 1 amide bonds. The molecular formula is C20H14F3NO3S2. The average Bonchev–Trinajstić information content (AvgIpc) is 2.95. The SMILES string of the molecule is COC(=O)c1ccc(/C=C2\SC(=S)N(Cc3ccc(C(F)(F)F)cc3)C2=O)cc1. The zero-order valence-electron chi connectivity index (χ0n) is 15.0. The van der Waals surface area contributed by atoms with Crippen molar-refractivity contribution in [3.8, 4) is 0 Å². The maximum absolute atomic E-state index is 12.7. The number of methoxy groups -OCH3 is 1. The van der Waals surface area contributed by atoms with Gasteiger partial charge < -0.3 is 4.74 Å². The van der Waals surface area contributed by atoms with Gasteiger partial charge in [0, 0.05) is 0 Å². The van der Waals surface area contributed by atoms with Gasteiger partial charge in [-0.3, -0.25) is 9.69 Å². The molecule has 29 heavy (non-hydrogen) atoms. The largest absolute Gasteiger partial charge is 0.465 e. The third-order valence-electron chi connectivity index (χ3n) is 4.13. The maximum Gasteiger partial charge on any atom is 0.416 e. The van der Waals surface area contributed by atoms with Gasteiger partial charge in [0.15, 0.2) is 0 Å². The van der Waals surface area contributed by atoms with E-state index in [0.29, 0.717) is 25.9 Å². The summed E-state index contributed by atoms with van der Waals surface area (Å²) >= 11 is 6.37. The van der Waals surface area contributed by atoms with Gasteiger partial charge in [0.05, 0.1) is 29.7 Å². The van der Waals surface area contributed by atoms with Crippen LogP contribution in [-0.4, -0.2) is 28.2 Å². The van der Waals surface area contributed by atoms with Crippen molar-refractivity contribution in [1.29, 1.82) is 0 Å². The standard InChI is InChI=1S/C20H14F3NO3S2/c1-27-18(26)14-6-2-12(3-7-14)10-16-17(25)24(19(28)29-16)11-13-4-8-15(9-5-13)20(21,22)23/h2-10H,11H2,1H3/b16-10-. The van der Waals surface area contributed by atoms with E-state index in [1.54, 1.807) is 30.3 Å². The number of esters is 1. The summed E-state index contributed by atoms with van der Waals surface area (Å²) in [5.74, 6) is -0.781. The highest BCUT2D eigenvalue weighted by molar-refractivity contribution is 8.26. The smallest absolute Gasteiger partial charge is 0.416 e. The Kier molecular flexibility index (Phi) is 6.09. The molecule has 1 aliphatic heterocycles. The second-order valence-electron chi connectivity index (χ2n) is 6.08. The number of amides is 1. The number of benzene rings is 2. The molecule has 3 rings (SSSR count). The number of hydrogen-bond acceptors (Lipinski definition) is 5. The van der Waals surface area contributed by atoms with Crippen molar-refractivity contribution in [2.24, 2.45) is 0 Å². The van der Waals surface area contributed by atoms with Gasteiger partial charge in [-0.25, -0.2) is 4.79 Å². The van der Waals surface area contributed by atoms with Crippen LogP contribution in [0.25, 0.3) is 6.08 Å². The average molecular weight is 437 g/mol. The Morgan fingerprint density at radius 2 is 1.76 bits per heavy atom. The number of thiocarbonyl (C=S) groups is 1. The molecule has 4 nitrogen and oxygen atoms in total. The molecule has 0 aromatic heterocycles. The molecule has 1 fully saturated rings. The molecule has 0 N–H and O–H groups in total. The fourth-order valence-electron chi connectivity index (χ4n) is 2.60. The van der Waals surface area contributed by atoms with Crippen molar-refractivity contribution in [3.63, 3.8) is 0 Å². The topological polar surface area (TPSA) is 46.6 Å². The fraction of sp³-hybridized carbons (Fsp3) is 0.150. The van der Waals surface area contributed by atoms with E-state index in [2.05, 4.69) is 4.74 Å². The van der Waals surface area contributed by atoms with Gasteiger partial charge in [0.1, 0.15) is 4.32 Å². The highest BCUT2D eigenvalue weighted by Gasteiger charge is 2.33. The van der Waals surface area contributed by atoms with E-state index in [0.717, 1.165) is 23.9 Å². The minimum absolute atomic E-state index is 0.0847. The van der Waals surface area contributed by atoms with Gasteiger partial charge >= 0.3 is 12.1 Å². The Morgan fingerprint density at radius 3 is 2.31 bits per heavy atom. The van der Waals surface area contributed by atoms with E-state index in [1.807, 2.05) is 0 Å². The van der Waals surface area contributed by atoms with Gasteiger partial charge in [-0.05, 0) is 41.5 Å². The summed E-state index contributed by atoms with van der Waals surface area (Å²) in [5.41, 5.74) is 0.882. The highest BCUT2D eigenvalue weighted by Crippen LogP contribution is 2.34. The third kappa shape index (κ3) is 4.86. The predicted octanol–water partition coefficient (Wildman–Crippen LogP) is 4.89. The summed E-state index contributed by atoms with van der Waals surface area (Å²) in [5, 5.41) is 0. The number of carbonyl (C=O) groups is 2. The first-order valence-electron chi connectivity index (χ1n) is 8.29. The molecule has 0 aliphatic carbocycles. The van der Waals surface area contributed by atoms with E-state index < -0.39 is 17.7 Å². The van der Waals surface area contributed by atoms with E-state index in [-0.39, 0.29) is 12.5 Å². The Labute approximate surface area is 174 Å². The lowest BCUT2D eigenvalue weighted by atomic mass is 10.1. The number of ether oxygens (including phenoxy) is 1. The molecule has 1 heterocycles.